The number of benzene rings is 1. The number of aryl methyl sites for hydroxylation is 1. The molecule has 1 aliphatic carbocycles. The van der Waals surface area contributed by atoms with Crippen molar-refractivity contribution in [3.8, 4) is 0 Å². The summed E-state index contributed by atoms with van der Waals surface area (Å²) in [5.41, 5.74) is 2.36. The molecule has 0 saturated heterocycles. The maximum atomic E-state index is 5.56. The molecule has 1 aromatic heterocycles. The third kappa shape index (κ3) is 2.35. The van der Waals surface area contributed by atoms with Crippen molar-refractivity contribution in [1.82, 2.24) is 4.98 Å². The minimum Gasteiger partial charge on any atom is -0.378 e. The second-order valence-electron chi connectivity index (χ2n) is 4.88. The highest BCUT2D eigenvalue weighted by Crippen LogP contribution is 2.31. The Bertz CT molecular complexity index is 546. The van der Waals surface area contributed by atoms with Crippen LogP contribution in [0, 0.1) is 6.92 Å². The summed E-state index contributed by atoms with van der Waals surface area (Å²) in [6, 6.07) is 6.96. The van der Waals surface area contributed by atoms with Crippen LogP contribution in [0.4, 0.5) is 5.13 Å². The SMILES string of the molecule is CCOC1CC(Nc2nc3cc(C)ccc3s2)C1. The Hall–Kier alpha value is -1.13. The van der Waals surface area contributed by atoms with Gasteiger partial charge >= 0.3 is 0 Å². The van der Waals surface area contributed by atoms with E-state index in [4.69, 9.17) is 4.74 Å². The Balaban J connectivity index is 1.65. The smallest absolute Gasteiger partial charge is 0.184 e. The lowest BCUT2D eigenvalue weighted by atomic mass is 9.89. The second kappa shape index (κ2) is 4.86. The molecule has 0 radical (unpaired) electrons. The molecule has 1 heterocycles. The first kappa shape index (κ1) is 11.9. The van der Waals surface area contributed by atoms with E-state index in [9.17, 15) is 0 Å². The van der Waals surface area contributed by atoms with E-state index in [1.807, 2.05) is 0 Å². The summed E-state index contributed by atoms with van der Waals surface area (Å²) in [6.45, 7) is 4.97. The fraction of sp³-hybridized carbons (Fsp3) is 0.500. The molecule has 0 bridgehead atoms. The predicted molar refractivity (Wildman–Crippen MR) is 76.4 cm³/mol. The van der Waals surface area contributed by atoms with Crippen LogP contribution in [0.2, 0.25) is 0 Å². The summed E-state index contributed by atoms with van der Waals surface area (Å²) < 4.78 is 6.82. The van der Waals surface area contributed by atoms with E-state index in [2.05, 4.69) is 42.3 Å². The molecule has 0 spiro atoms. The summed E-state index contributed by atoms with van der Waals surface area (Å²) in [5.74, 6) is 0. The van der Waals surface area contributed by atoms with Crippen LogP contribution >= 0.6 is 11.3 Å². The van der Waals surface area contributed by atoms with Crippen molar-refractivity contribution < 1.29 is 4.74 Å². The van der Waals surface area contributed by atoms with Crippen molar-refractivity contribution in [3.05, 3.63) is 23.8 Å². The van der Waals surface area contributed by atoms with Gasteiger partial charge in [-0.1, -0.05) is 17.4 Å². The summed E-state index contributed by atoms with van der Waals surface area (Å²) in [7, 11) is 0. The van der Waals surface area contributed by atoms with Gasteiger partial charge in [0.15, 0.2) is 5.13 Å². The van der Waals surface area contributed by atoms with Gasteiger partial charge in [0, 0.05) is 12.6 Å². The van der Waals surface area contributed by atoms with Gasteiger partial charge in [-0.3, -0.25) is 0 Å². The van der Waals surface area contributed by atoms with Crippen molar-refractivity contribution in [3.63, 3.8) is 0 Å². The zero-order valence-electron chi connectivity index (χ0n) is 10.8. The van der Waals surface area contributed by atoms with E-state index in [-0.39, 0.29) is 0 Å². The van der Waals surface area contributed by atoms with E-state index >= 15 is 0 Å². The first-order chi connectivity index (χ1) is 8.74. The largest absolute Gasteiger partial charge is 0.378 e. The first-order valence-corrected chi connectivity index (χ1v) is 7.31. The molecule has 4 heteroatoms. The van der Waals surface area contributed by atoms with Crippen molar-refractivity contribution in [2.24, 2.45) is 0 Å². The number of hydrogen-bond acceptors (Lipinski definition) is 4. The number of ether oxygens (including phenoxy) is 1. The maximum absolute atomic E-state index is 5.56. The minimum atomic E-state index is 0.448. The van der Waals surface area contributed by atoms with E-state index < -0.39 is 0 Å². The Morgan fingerprint density at radius 3 is 3.06 bits per heavy atom. The van der Waals surface area contributed by atoms with Crippen molar-refractivity contribution in [2.75, 3.05) is 11.9 Å². The van der Waals surface area contributed by atoms with Crippen LogP contribution < -0.4 is 5.32 Å². The van der Waals surface area contributed by atoms with Gasteiger partial charge in [-0.15, -0.1) is 0 Å². The monoisotopic (exact) mass is 262 g/mol. The molecule has 2 aromatic rings. The zero-order chi connectivity index (χ0) is 12.5. The standard InChI is InChI=1S/C14H18N2OS/c1-3-17-11-7-10(8-11)15-14-16-12-6-9(2)4-5-13(12)18-14/h4-6,10-11H,3,7-8H2,1-2H3,(H,15,16). The Kier molecular flexibility index (Phi) is 3.22. The molecule has 1 fully saturated rings. The molecule has 1 aliphatic rings. The number of anilines is 1. The molecule has 1 aromatic carbocycles. The average molecular weight is 262 g/mol. The van der Waals surface area contributed by atoms with Gasteiger partial charge < -0.3 is 10.1 Å². The fourth-order valence-electron chi connectivity index (χ4n) is 2.33. The van der Waals surface area contributed by atoms with Gasteiger partial charge in [-0.25, -0.2) is 4.98 Å². The molecule has 96 valence electrons. The summed E-state index contributed by atoms with van der Waals surface area (Å²) >= 11 is 1.74. The van der Waals surface area contributed by atoms with E-state index in [1.54, 1.807) is 11.3 Å². The lowest BCUT2D eigenvalue weighted by Gasteiger charge is -2.35. The van der Waals surface area contributed by atoms with Gasteiger partial charge in [0.2, 0.25) is 0 Å². The Labute approximate surface area is 111 Å². The van der Waals surface area contributed by atoms with Gasteiger partial charge in [-0.2, -0.15) is 0 Å². The summed E-state index contributed by atoms with van der Waals surface area (Å²) in [4.78, 5) is 4.63. The number of hydrogen-bond donors (Lipinski definition) is 1. The maximum Gasteiger partial charge on any atom is 0.184 e. The highest BCUT2D eigenvalue weighted by Gasteiger charge is 2.29. The Morgan fingerprint density at radius 1 is 1.44 bits per heavy atom. The molecule has 0 atom stereocenters. The second-order valence-corrected chi connectivity index (χ2v) is 5.91. The van der Waals surface area contributed by atoms with E-state index in [0.29, 0.717) is 12.1 Å². The van der Waals surface area contributed by atoms with Crippen molar-refractivity contribution in [1.29, 1.82) is 0 Å². The highest BCUT2D eigenvalue weighted by atomic mass is 32.1. The molecule has 0 aliphatic heterocycles. The normalized spacial score (nSPS) is 23.0. The highest BCUT2D eigenvalue weighted by molar-refractivity contribution is 7.22. The summed E-state index contributed by atoms with van der Waals surface area (Å²) in [5, 5.41) is 4.54. The van der Waals surface area contributed by atoms with Crippen molar-refractivity contribution in [2.45, 2.75) is 38.8 Å². The van der Waals surface area contributed by atoms with Crippen LogP contribution in [0.25, 0.3) is 10.2 Å². The lowest BCUT2D eigenvalue weighted by Crippen LogP contribution is -2.40. The van der Waals surface area contributed by atoms with Crippen LogP contribution in [-0.4, -0.2) is 23.7 Å². The topological polar surface area (TPSA) is 34.1 Å². The van der Waals surface area contributed by atoms with E-state index in [0.717, 1.165) is 30.1 Å². The zero-order valence-corrected chi connectivity index (χ0v) is 11.6. The molecular weight excluding hydrogens is 244 g/mol. The number of rotatable bonds is 4. The summed E-state index contributed by atoms with van der Waals surface area (Å²) in [6.07, 6.45) is 2.65. The number of nitrogens with zero attached hydrogens (tertiary/aromatic N) is 1. The lowest BCUT2D eigenvalue weighted by molar-refractivity contribution is 0.00299. The molecule has 0 amide bonds. The molecule has 1 saturated carbocycles. The number of fused-ring (bicyclic) bond motifs is 1. The first-order valence-electron chi connectivity index (χ1n) is 6.50. The third-order valence-corrected chi connectivity index (χ3v) is 4.34. The minimum absolute atomic E-state index is 0.448. The molecule has 1 N–H and O–H groups in total. The Morgan fingerprint density at radius 2 is 2.28 bits per heavy atom. The van der Waals surface area contributed by atoms with Crippen LogP contribution in [0.3, 0.4) is 0 Å². The van der Waals surface area contributed by atoms with Crippen LogP contribution in [0.1, 0.15) is 25.3 Å². The number of thiazole rings is 1. The van der Waals surface area contributed by atoms with Gasteiger partial charge in [0.25, 0.3) is 0 Å². The molecule has 3 nitrogen and oxygen atoms in total. The van der Waals surface area contributed by atoms with Crippen molar-refractivity contribution >= 4 is 26.7 Å². The average Bonchev–Trinajstić information content (AvgIpc) is 2.68. The number of nitrogens with one attached hydrogen (secondary N) is 1. The molecule has 18 heavy (non-hydrogen) atoms. The van der Waals surface area contributed by atoms with Crippen LogP contribution in [-0.2, 0) is 4.74 Å². The van der Waals surface area contributed by atoms with Gasteiger partial charge in [-0.05, 0) is 44.4 Å². The quantitative estimate of drug-likeness (QED) is 0.914. The molecule has 3 rings (SSSR count). The van der Waals surface area contributed by atoms with Gasteiger partial charge in [0.1, 0.15) is 0 Å². The fourth-order valence-corrected chi connectivity index (χ4v) is 3.25. The van der Waals surface area contributed by atoms with Crippen LogP contribution in [0.5, 0.6) is 0 Å². The number of aromatic nitrogens is 1. The van der Waals surface area contributed by atoms with Gasteiger partial charge in [0.05, 0.1) is 16.3 Å². The van der Waals surface area contributed by atoms with Crippen LogP contribution in [0.15, 0.2) is 18.2 Å². The third-order valence-electron chi connectivity index (χ3n) is 3.37. The predicted octanol–water partition coefficient (Wildman–Crippen LogP) is 3.58. The van der Waals surface area contributed by atoms with E-state index in [1.165, 1.54) is 10.3 Å². The molecular formula is C14H18N2OS. The molecule has 0 unspecified atom stereocenters.